The van der Waals surface area contributed by atoms with Gasteiger partial charge in [0.05, 0.1) is 5.56 Å². The van der Waals surface area contributed by atoms with Crippen molar-refractivity contribution < 1.29 is 13.2 Å². The van der Waals surface area contributed by atoms with Crippen LogP contribution < -0.4 is 5.32 Å². The van der Waals surface area contributed by atoms with E-state index in [1.807, 2.05) is 30.3 Å². The lowest BCUT2D eigenvalue weighted by atomic mass is 10.1. The van der Waals surface area contributed by atoms with Crippen LogP contribution in [0.25, 0.3) is 0 Å². The number of hydrogen-bond acceptors (Lipinski definition) is 1. The summed E-state index contributed by atoms with van der Waals surface area (Å²) < 4.78 is 37.1. The molecule has 0 heterocycles. The summed E-state index contributed by atoms with van der Waals surface area (Å²) >= 11 is 0. The average molecular weight is 251 g/mol. The molecule has 94 valence electrons. The summed E-state index contributed by atoms with van der Waals surface area (Å²) in [5, 5.41) is 3.14. The van der Waals surface area contributed by atoms with E-state index in [9.17, 15) is 13.2 Å². The van der Waals surface area contributed by atoms with Crippen molar-refractivity contribution in [3.05, 3.63) is 65.7 Å². The molecule has 0 aliphatic carbocycles. The fourth-order valence-corrected chi connectivity index (χ4v) is 1.57. The first-order valence-corrected chi connectivity index (χ1v) is 5.51. The lowest BCUT2D eigenvalue weighted by Gasteiger charge is -2.09. The molecule has 0 aliphatic heterocycles. The van der Waals surface area contributed by atoms with E-state index in [2.05, 4.69) is 5.32 Å². The SMILES string of the molecule is FC(F)(F)c1ccc(CNc2ccccc2)cc1. The zero-order chi connectivity index (χ0) is 13.0. The Morgan fingerprint density at radius 1 is 0.833 bits per heavy atom. The highest BCUT2D eigenvalue weighted by atomic mass is 19.4. The van der Waals surface area contributed by atoms with E-state index in [4.69, 9.17) is 0 Å². The number of halogens is 3. The Bertz CT molecular complexity index is 489. The summed E-state index contributed by atoms with van der Waals surface area (Å²) in [5.74, 6) is 0. The Morgan fingerprint density at radius 3 is 2.00 bits per heavy atom. The fraction of sp³-hybridized carbons (Fsp3) is 0.143. The maximum absolute atomic E-state index is 12.4. The second-order valence-corrected chi connectivity index (χ2v) is 3.91. The Morgan fingerprint density at radius 2 is 1.44 bits per heavy atom. The Balaban J connectivity index is 1.99. The lowest BCUT2D eigenvalue weighted by Crippen LogP contribution is -2.05. The van der Waals surface area contributed by atoms with E-state index in [1.54, 1.807) is 0 Å². The highest BCUT2D eigenvalue weighted by Crippen LogP contribution is 2.29. The molecule has 1 N–H and O–H groups in total. The zero-order valence-electron chi connectivity index (χ0n) is 9.54. The van der Waals surface area contributed by atoms with Crippen molar-refractivity contribution in [2.24, 2.45) is 0 Å². The lowest BCUT2D eigenvalue weighted by molar-refractivity contribution is -0.137. The maximum atomic E-state index is 12.4. The third-order valence-electron chi connectivity index (χ3n) is 2.55. The molecule has 0 saturated heterocycles. The molecular formula is C14H12F3N. The zero-order valence-corrected chi connectivity index (χ0v) is 9.54. The molecule has 0 atom stereocenters. The monoisotopic (exact) mass is 251 g/mol. The van der Waals surface area contributed by atoms with Gasteiger partial charge in [0, 0.05) is 12.2 Å². The third-order valence-corrected chi connectivity index (χ3v) is 2.55. The van der Waals surface area contributed by atoms with Crippen molar-refractivity contribution in [2.75, 3.05) is 5.32 Å². The van der Waals surface area contributed by atoms with E-state index < -0.39 is 11.7 Å². The van der Waals surface area contributed by atoms with Crippen LogP contribution in [0.1, 0.15) is 11.1 Å². The van der Waals surface area contributed by atoms with E-state index >= 15 is 0 Å². The number of rotatable bonds is 3. The van der Waals surface area contributed by atoms with Gasteiger partial charge in [0.15, 0.2) is 0 Å². The van der Waals surface area contributed by atoms with Gasteiger partial charge >= 0.3 is 6.18 Å². The van der Waals surface area contributed by atoms with Gasteiger partial charge in [-0.05, 0) is 29.8 Å². The van der Waals surface area contributed by atoms with Crippen LogP contribution >= 0.6 is 0 Å². The Kier molecular flexibility index (Phi) is 3.55. The molecule has 0 bridgehead atoms. The van der Waals surface area contributed by atoms with Gasteiger partial charge < -0.3 is 5.32 Å². The quantitative estimate of drug-likeness (QED) is 0.856. The molecule has 2 aromatic rings. The van der Waals surface area contributed by atoms with Gasteiger partial charge in [0.1, 0.15) is 0 Å². The smallest absolute Gasteiger partial charge is 0.381 e. The van der Waals surface area contributed by atoms with Crippen molar-refractivity contribution >= 4 is 5.69 Å². The van der Waals surface area contributed by atoms with Gasteiger partial charge in [-0.25, -0.2) is 0 Å². The minimum atomic E-state index is -4.27. The standard InChI is InChI=1S/C14H12F3N/c15-14(16,17)12-8-6-11(7-9-12)10-18-13-4-2-1-3-5-13/h1-9,18H,10H2. The molecule has 0 saturated carbocycles. The summed E-state index contributed by atoms with van der Waals surface area (Å²) in [6.07, 6.45) is -4.27. The first-order chi connectivity index (χ1) is 8.55. The van der Waals surface area contributed by atoms with Gasteiger partial charge in [-0.3, -0.25) is 0 Å². The van der Waals surface area contributed by atoms with E-state index in [0.717, 1.165) is 23.4 Å². The van der Waals surface area contributed by atoms with Crippen LogP contribution in [-0.2, 0) is 12.7 Å². The van der Waals surface area contributed by atoms with Gasteiger partial charge in [-0.15, -0.1) is 0 Å². The highest BCUT2D eigenvalue weighted by Gasteiger charge is 2.29. The Hall–Kier alpha value is -1.97. The van der Waals surface area contributed by atoms with Crippen LogP contribution in [-0.4, -0.2) is 0 Å². The predicted octanol–water partition coefficient (Wildman–Crippen LogP) is 4.32. The van der Waals surface area contributed by atoms with Gasteiger partial charge in [0.2, 0.25) is 0 Å². The average Bonchev–Trinajstić information content (AvgIpc) is 2.37. The molecule has 0 amide bonds. The molecule has 18 heavy (non-hydrogen) atoms. The van der Waals surface area contributed by atoms with Gasteiger partial charge in [-0.1, -0.05) is 30.3 Å². The van der Waals surface area contributed by atoms with Crippen molar-refractivity contribution in [1.29, 1.82) is 0 Å². The van der Waals surface area contributed by atoms with Crippen molar-refractivity contribution in [2.45, 2.75) is 12.7 Å². The number of anilines is 1. The molecule has 2 rings (SSSR count). The van der Waals surface area contributed by atoms with Crippen LogP contribution in [0.3, 0.4) is 0 Å². The molecule has 0 fully saturated rings. The molecule has 0 aliphatic rings. The topological polar surface area (TPSA) is 12.0 Å². The van der Waals surface area contributed by atoms with E-state index in [-0.39, 0.29) is 0 Å². The molecule has 0 radical (unpaired) electrons. The van der Waals surface area contributed by atoms with E-state index in [0.29, 0.717) is 6.54 Å². The summed E-state index contributed by atoms with van der Waals surface area (Å²) in [6.45, 7) is 0.502. The first-order valence-electron chi connectivity index (χ1n) is 5.51. The summed E-state index contributed by atoms with van der Waals surface area (Å²) in [5.41, 5.74) is 1.13. The molecule has 2 aromatic carbocycles. The predicted molar refractivity (Wildman–Crippen MR) is 65.2 cm³/mol. The number of hydrogen-bond donors (Lipinski definition) is 1. The van der Waals surface area contributed by atoms with Crippen LogP contribution in [0.5, 0.6) is 0 Å². The fourth-order valence-electron chi connectivity index (χ4n) is 1.57. The number of nitrogens with one attached hydrogen (secondary N) is 1. The second-order valence-electron chi connectivity index (χ2n) is 3.91. The van der Waals surface area contributed by atoms with Crippen molar-refractivity contribution in [1.82, 2.24) is 0 Å². The number of benzene rings is 2. The highest BCUT2D eigenvalue weighted by molar-refractivity contribution is 5.43. The molecule has 4 heteroatoms. The molecule has 0 aromatic heterocycles. The number of alkyl halides is 3. The third kappa shape index (κ3) is 3.26. The summed E-state index contributed by atoms with van der Waals surface area (Å²) in [6, 6.07) is 14.7. The first kappa shape index (κ1) is 12.5. The van der Waals surface area contributed by atoms with Crippen LogP contribution in [0.4, 0.5) is 18.9 Å². The van der Waals surface area contributed by atoms with Crippen molar-refractivity contribution in [3.63, 3.8) is 0 Å². The number of para-hydroxylation sites is 1. The molecule has 1 nitrogen and oxygen atoms in total. The summed E-state index contributed by atoms with van der Waals surface area (Å²) in [7, 11) is 0. The van der Waals surface area contributed by atoms with E-state index in [1.165, 1.54) is 12.1 Å². The minimum Gasteiger partial charge on any atom is -0.381 e. The normalized spacial score (nSPS) is 11.3. The minimum absolute atomic E-state index is 0.502. The van der Waals surface area contributed by atoms with Crippen LogP contribution in [0.2, 0.25) is 0 Å². The molecular weight excluding hydrogens is 239 g/mol. The van der Waals surface area contributed by atoms with Crippen LogP contribution in [0.15, 0.2) is 54.6 Å². The molecule has 0 spiro atoms. The van der Waals surface area contributed by atoms with Crippen LogP contribution in [0, 0.1) is 0 Å². The summed E-state index contributed by atoms with van der Waals surface area (Å²) in [4.78, 5) is 0. The second kappa shape index (κ2) is 5.12. The molecule has 0 unspecified atom stereocenters. The van der Waals surface area contributed by atoms with Gasteiger partial charge in [0.25, 0.3) is 0 Å². The van der Waals surface area contributed by atoms with Crippen molar-refractivity contribution in [3.8, 4) is 0 Å². The maximum Gasteiger partial charge on any atom is 0.416 e. The Labute approximate surface area is 103 Å². The van der Waals surface area contributed by atoms with Gasteiger partial charge in [-0.2, -0.15) is 13.2 Å². The largest absolute Gasteiger partial charge is 0.416 e.